The van der Waals surface area contributed by atoms with Gasteiger partial charge in [0.15, 0.2) is 11.5 Å². The third-order valence-corrected chi connectivity index (χ3v) is 3.48. The van der Waals surface area contributed by atoms with E-state index in [9.17, 15) is 9.59 Å². The van der Waals surface area contributed by atoms with E-state index in [4.69, 9.17) is 30.5 Å². The first kappa shape index (κ1) is 17.6. The van der Waals surface area contributed by atoms with Crippen molar-refractivity contribution in [2.75, 3.05) is 21.3 Å². The fourth-order valence-corrected chi connectivity index (χ4v) is 2.23. The van der Waals surface area contributed by atoms with E-state index >= 15 is 0 Å². The van der Waals surface area contributed by atoms with Crippen molar-refractivity contribution in [3.05, 3.63) is 46.5 Å². The third-order valence-electron chi connectivity index (χ3n) is 3.19. The van der Waals surface area contributed by atoms with Gasteiger partial charge in [0.2, 0.25) is 5.75 Å². The maximum absolute atomic E-state index is 11.7. The zero-order valence-electron chi connectivity index (χ0n) is 13.3. The van der Waals surface area contributed by atoms with Gasteiger partial charge in [-0.2, -0.15) is 0 Å². The molecule has 0 aliphatic heterocycles. The van der Waals surface area contributed by atoms with Gasteiger partial charge in [-0.25, -0.2) is 4.79 Å². The van der Waals surface area contributed by atoms with E-state index in [0.717, 1.165) is 0 Å². The number of ether oxygens (including phenoxy) is 4. The number of benzene rings is 2. The summed E-state index contributed by atoms with van der Waals surface area (Å²) in [7, 11) is 4.14. The highest BCUT2D eigenvalue weighted by Crippen LogP contribution is 2.43. The summed E-state index contributed by atoms with van der Waals surface area (Å²) in [5, 5.41) is 0.251. The van der Waals surface area contributed by atoms with Crippen LogP contribution in [-0.2, 0) is 4.74 Å². The van der Waals surface area contributed by atoms with Crippen LogP contribution in [0.1, 0.15) is 20.7 Å². The van der Waals surface area contributed by atoms with E-state index in [2.05, 4.69) is 0 Å². The normalized spacial score (nSPS) is 10.0. The number of esters is 1. The van der Waals surface area contributed by atoms with Crippen LogP contribution >= 0.6 is 11.6 Å². The lowest BCUT2D eigenvalue weighted by Crippen LogP contribution is -2.04. The number of aldehydes is 1. The molecule has 0 aliphatic carbocycles. The van der Waals surface area contributed by atoms with E-state index in [1.54, 1.807) is 12.1 Å². The average Bonchev–Trinajstić information content (AvgIpc) is 2.62. The summed E-state index contributed by atoms with van der Waals surface area (Å²) in [6, 6.07) is 7.54. The first-order chi connectivity index (χ1) is 11.5. The molecule has 126 valence electrons. The zero-order chi connectivity index (χ0) is 17.7. The van der Waals surface area contributed by atoms with Crippen LogP contribution in [0.5, 0.6) is 23.0 Å². The SMILES string of the molecule is COC(=O)c1cc(OC)c(Oc2ccc(C=O)cc2Cl)c(OC)c1. The summed E-state index contributed by atoms with van der Waals surface area (Å²) < 4.78 is 21.0. The Bertz CT molecular complexity index is 747. The van der Waals surface area contributed by atoms with Gasteiger partial charge in [0.05, 0.1) is 31.9 Å². The predicted molar refractivity (Wildman–Crippen MR) is 87.8 cm³/mol. The second-order valence-electron chi connectivity index (χ2n) is 4.61. The van der Waals surface area contributed by atoms with Gasteiger partial charge in [-0.15, -0.1) is 0 Å². The van der Waals surface area contributed by atoms with Crippen molar-refractivity contribution in [1.82, 2.24) is 0 Å². The number of carbonyl (C=O) groups excluding carboxylic acids is 2. The van der Waals surface area contributed by atoms with Crippen LogP contribution in [-0.4, -0.2) is 33.6 Å². The van der Waals surface area contributed by atoms with Gasteiger partial charge in [-0.3, -0.25) is 4.79 Å². The Labute approximate surface area is 143 Å². The molecule has 0 aliphatic rings. The molecule has 0 unspecified atom stereocenters. The second-order valence-corrected chi connectivity index (χ2v) is 5.02. The van der Waals surface area contributed by atoms with Gasteiger partial charge in [0.1, 0.15) is 12.0 Å². The summed E-state index contributed by atoms with van der Waals surface area (Å²) in [4.78, 5) is 22.5. The Morgan fingerprint density at radius 1 is 1.00 bits per heavy atom. The Balaban J connectivity index is 2.49. The minimum absolute atomic E-state index is 0.244. The van der Waals surface area contributed by atoms with Crippen LogP contribution in [0.4, 0.5) is 0 Å². The highest BCUT2D eigenvalue weighted by Gasteiger charge is 2.19. The van der Waals surface area contributed by atoms with Crippen molar-refractivity contribution in [2.24, 2.45) is 0 Å². The van der Waals surface area contributed by atoms with Crippen LogP contribution in [0.15, 0.2) is 30.3 Å². The van der Waals surface area contributed by atoms with Gasteiger partial charge in [0.25, 0.3) is 0 Å². The zero-order valence-corrected chi connectivity index (χ0v) is 14.0. The Morgan fingerprint density at radius 2 is 1.62 bits per heavy atom. The summed E-state index contributed by atoms with van der Waals surface area (Å²) in [6.07, 6.45) is 0.683. The molecule has 2 aromatic carbocycles. The quantitative estimate of drug-likeness (QED) is 0.583. The maximum atomic E-state index is 11.7. The number of methoxy groups -OCH3 is 3. The fraction of sp³-hybridized carbons (Fsp3) is 0.176. The maximum Gasteiger partial charge on any atom is 0.338 e. The van der Waals surface area contributed by atoms with Crippen molar-refractivity contribution in [3.63, 3.8) is 0 Å². The lowest BCUT2D eigenvalue weighted by atomic mass is 10.1. The molecule has 0 heterocycles. The number of halogens is 1. The number of carbonyl (C=O) groups is 2. The molecule has 0 aromatic heterocycles. The molecule has 2 aromatic rings. The molecule has 7 heteroatoms. The molecule has 0 fully saturated rings. The monoisotopic (exact) mass is 350 g/mol. The van der Waals surface area contributed by atoms with E-state index in [1.165, 1.54) is 39.5 Å². The highest BCUT2D eigenvalue weighted by molar-refractivity contribution is 6.32. The van der Waals surface area contributed by atoms with E-state index in [-0.39, 0.29) is 27.8 Å². The standard InChI is InChI=1S/C17H15ClO6/c1-21-14-7-11(17(20)23-3)8-15(22-2)16(14)24-13-5-4-10(9-19)6-12(13)18/h4-9H,1-3H3. The molecule has 0 spiro atoms. The molecule has 0 saturated heterocycles. The van der Waals surface area contributed by atoms with Crippen LogP contribution < -0.4 is 14.2 Å². The number of rotatable bonds is 6. The Hall–Kier alpha value is -2.73. The molecule has 0 N–H and O–H groups in total. The van der Waals surface area contributed by atoms with Crippen LogP contribution in [0.25, 0.3) is 0 Å². The lowest BCUT2D eigenvalue weighted by molar-refractivity contribution is 0.0599. The Morgan fingerprint density at radius 3 is 2.08 bits per heavy atom. The van der Waals surface area contributed by atoms with E-state index in [1.807, 2.05) is 0 Å². The van der Waals surface area contributed by atoms with Crippen molar-refractivity contribution < 1.29 is 28.5 Å². The average molecular weight is 351 g/mol. The van der Waals surface area contributed by atoms with Crippen LogP contribution in [0.2, 0.25) is 5.02 Å². The number of hydrogen-bond acceptors (Lipinski definition) is 6. The van der Waals surface area contributed by atoms with Gasteiger partial charge in [0, 0.05) is 5.56 Å². The van der Waals surface area contributed by atoms with Crippen LogP contribution in [0.3, 0.4) is 0 Å². The highest BCUT2D eigenvalue weighted by atomic mass is 35.5. The topological polar surface area (TPSA) is 71.1 Å². The van der Waals surface area contributed by atoms with Gasteiger partial charge in [-0.05, 0) is 30.3 Å². The summed E-state index contributed by atoms with van der Waals surface area (Å²) >= 11 is 6.11. The smallest absolute Gasteiger partial charge is 0.338 e. The molecule has 0 saturated carbocycles. The van der Waals surface area contributed by atoms with Gasteiger partial charge >= 0.3 is 5.97 Å². The molecular weight excluding hydrogens is 336 g/mol. The molecule has 0 bridgehead atoms. The van der Waals surface area contributed by atoms with Crippen molar-refractivity contribution in [2.45, 2.75) is 0 Å². The third kappa shape index (κ3) is 3.60. The molecule has 6 nitrogen and oxygen atoms in total. The molecule has 0 radical (unpaired) electrons. The minimum atomic E-state index is -0.536. The molecular formula is C17H15ClO6. The molecule has 0 atom stereocenters. The van der Waals surface area contributed by atoms with Crippen molar-refractivity contribution in [1.29, 1.82) is 0 Å². The van der Waals surface area contributed by atoms with Gasteiger partial charge < -0.3 is 18.9 Å². The molecule has 2 rings (SSSR count). The summed E-state index contributed by atoms with van der Waals surface area (Å²) in [5.74, 6) is 0.556. The first-order valence-corrected chi connectivity index (χ1v) is 7.18. The molecule has 0 amide bonds. The predicted octanol–water partition coefficient (Wildman–Crippen LogP) is 3.75. The van der Waals surface area contributed by atoms with Crippen molar-refractivity contribution in [3.8, 4) is 23.0 Å². The van der Waals surface area contributed by atoms with E-state index in [0.29, 0.717) is 17.6 Å². The van der Waals surface area contributed by atoms with Gasteiger partial charge in [-0.1, -0.05) is 11.6 Å². The molecule has 24 heavy (non-hydrogen) atoms. The minimum Gasteiger partial charge on any atom is -0.493 e. The first-order valence-electron chi connectivity index (χ1n) is 6.81. The van der Waals surface area contributed by atoms with Crippen molar-refractivity contribution >= 4 is 23.9 Å². The van der Waals surface area contributed by atoms with Crippen LogP contribution in [0, 0.1) is 0 Å². The lowest BCUT2D eigenvalue weighted by Gasteiger charge is -2.16. The number of hydrogen-bond donors (Lipinski definition) is 0. The van der Waals surface area contributed by atoms with E-state index < -0.39 is 5.97 Å². The largest absolute Gasteiger partial charge is 0.493 e. The second kappa shape index (κ2) is 7.70. The summed E-state index contributed by atoms with van der Waals surface area (Å²) in [6.45, 7) is 0. The fourth-order valence-electron chi connectivity index (χ4n) is 2.00. The summed E-state index contributed by atoms with van der Waals surface area (Å²) in [5.41, 5.74) is 0.674. The Kier molecular flexibility index (Phi) is 5.65.